The Balaban J connectivity index is 1.80. The van der Waals surface area contributed by atoms with Crippen molar-refractivity contribution < 1.29 is 14.0 Å². The van der Waals surface area contributed by atoms with Gasteiger partial charge in [-0.05, 0) is 56.3 Å². The number of benzene rings is 2. The van der Waals surface area contributed by atoms with Crippen molar-refractivity contribution in [2.24, 2.45) is 0 Å². The van der Waals surface area contributed by atoms with Gasteiger partial charge in [-0.15, -0.1) is 0 Å². The minimum Gasteiger partial charge on any atom is -0.324 e. The number of para-hydroxylation sites is 1. The molecule has 1 heterocycles. The summed E-state index contributed by atoms with van der Waals surface area (Å²) in [6, 6.07) is 14.2. The van der Waals surface area contributed by atoms with E-state index >= 15 is 0 Å². The van der Waals surface area contributed by atoms with E-state index in [-0.39, 0.29) is 23.1 Å². The van der Waals surface area contributed by atoms with Gasteiger partial charge in [0, 0.05) is 16.9 Å². The van der Waals surface area contributed by atoms with E-state index in [0.717, 1.165) is 0 Å². The highest BCUT2D eigenvalue weighted by atomic mass is 19.1. The number of amides is 1. The molecule has 3 aromatic rings. The van der Waals surface area contributed by atoms with Crippen molar-refractivity contribution in [3.8, 4) is 0 Å². The van der Waals surface area contributed by atoms with Crippen LogP contribution in [0.4, 0.5) is 21.7 Å². The van der Waals surface area contributed by atoms with Crippen molar-refractivity contribution in [1.82, 2.24) is 9.97 Å². The number of nitrogens with one attached hydrogen (secondary N) is 2. The van der Waals surface area contributed by atoms with Crippen LogP contribution in [0.5, 0.6) is 0 Å². The first kappa shape index (κ1) is 18.2. The van der Waals surface area contributed by atoms with Gasteiger partial charge in [-0.2, -0.15) is 0 Å². The van der Waals surface area contributed by atoms with Gasteiger partial charge in [0.2, 0.25) is 5.95 Å². The van der Waals surface area contributed by atoms with E-state index in [2.05, 4.69) is 20.6 Å². The molecule has 0 aliphatic rings. The smallest absolute Gasteiger partial charge is 0.274 e. The highest BCUT2D eigenvalue weighted by Crippen LogP contribution is 2.17. The Hall–Kier alpha value is -3.61. The average Bonchev–Trinajstić information content (AvgIpc) is 2.63. The number of hydrogen-bond donors (Lipinski definition) is 2. The molecule has 0 saturated carbocycles. The quantitative estimate of drug-likeness (QED) is 0.665. The van der Waals surface area contributed by atoms with Crippen molar-refractivity contribution in [1.29, 1.82) is 0 Å². The Morgan fingerprint density at radius 3 is 2.37 bits per heavy atom. The predicted molar refractivity (Wildman–Crippen MR) is 101 cm³/mol. The molecule has 136 valence electrons. The molecule has 3 rings (SSSR count). The normalized spacial score (nSPS) is 10.3. The highest BCUT2D eigenvalue weighted by Gasteiger charge is 2.13. The Morgan fingerprint density at radius 1 is 1.00 bits per heavy atom. The van der Waals surface area contributed by atoms with Gasteiger partial charge < -0.3 is 10.6 Å². The van der Waals surface area contributed by atoms with Gasteiger partial charge in [0.1, 0.15) is 11.5 Å². The van der Waals surface area contributed by atoms with Gasteiger partial charge in [-0.1, -0.05) is 12.1 Å². The van der Waals surface area contributed by atoms with Crippen LogP contribution in [0.3, 0.4) is 0 Å². The third-order valence-corrected chi connectivity index (χ3v) is 3.76. The van der Waals surface area contributed by atoms with E-state index < -0.39 is 11.7 Å². The first-order valence-corrected chi connectivity index (χ1v) is 8.22. The van der Waals surface area contributed by atoms with E-state index in [1.165, 1.54) is 25.1 Å². The molecule has 2 N–H and O–H groups in total. The Labute approximate surface area is 155 Å². The molecule has 0 unspecified atom stereocenters. The summed E-state index contributed by atoms with van der Waals surface area (Å²) in [4.78, 5) is 32.2. The van der Waals surface area contributed by atoms with Gasteiger partial charge in [-0.25, -0.2) is 14.4 Å². The van der Waals surface area contributed by atoms with E-state index in [9.17, 15) is 14.0 Å². The number of ketones is 1. The summed E-state index contributed by atoms with van der Waals surface area (Å²) in [6.45, 7) is 3.22. The topological polar surface area (TPSA) is 84.0 Å². The summed E-state index contributed by atoms with van der Waals surface area (Å²) in [5, 5.41) is 5.49. The summed E-state index contributed by atoms with van der Waals surface area (Å²) in [7, 11) is 0. The lowest BCUT2D eigenvalue weighted by molar-refractivity contribution is 0.101. The highest BCUT2D eigenvalue weighted by molar-refractivity contribution is 6.03. The van der Waals surface area contributed by atoms with Gasteiger partial charge in [0.15, 0.2) is 5.78 Å². The number of halogens is 1. The lowest BCUT2D eigenvalue weighted by atomic mass is 10.1. The number of carbonyl (C=O) groups excluding carboxylic acids is 2. The lowest BCUT2D eigenvalue weighted by Crippen LogP contribution is -2.16. The van der Waals surface area contributed by atoms with Crippen LogP contribution < -0.4 is 10.6 Å². The van der Waals surface area contributed by atoms with E-state index in [1.807, 2.05) is 0 Å². The second kappa shape index (κ2) is 7.74. The monoisotopic (exact) mass is 364 g/mol. The van der Waals surface area contributed by atoms with Crippen LogP contribution in [0, 0.1) is 12.7 Å². The van der Waals surface area contributed by atoms with Crippen molar-refractivity contribution in [3.63, 3.8) is 0 Å². The number of aromatic nitrogens is 2. The van der Waals surface area contributed by atoms with E-state index in [4.69, 9.17) is 0 Å². The zero-order chi connectivity index (χ0) is 19.4. The Bertz CT molecular complexity index is 1000. The molecule has 0 saturated heterocycles. The van der Waals surface area contributed by atoms with E-state index in [0.29, 0.717) is 16.9 Å². The first-order chi connectivity index (χ1) is 12.9. The molecule has 2 aromatic carbocycles. The molecule has 0 atom stereocenters. The molecule has 0 aliphatic heterocycles. The van der Waals surface area contributed by atoms with Crippen molar-refractivity contribution in [2.75, 3.05) is 10.6 Å². The predicted octanol–water partition coefficient (Wildman–Crippen LogP) is 4.12. The number of anilines is 3. The second-order valence-corrected chi connectivity index (χ2v) is 5.91. The maximum absolute atomic E-state index is 13.7. The molecule has 1 amide bonds. The molecule has 0 fully saturated rings. The standard InChI is InChI=1S/C20H17FN4O2/c1-12-11-18(19(27)24-17-6-4-3-5-16(17)21)25-20(22-12)23-15-9-7-14(8-10-15)13(2)26/h3-11H,1-2H3,(H,24,27)(H,22,23,25). The van der Waals surface area contributed by atoms with Gasteiger partial charge >= 0.3 is 0 Å². The van der Waals surface area contributed by atoms with Crippen LogP contribution in [0.2, 0.25) is 0 Å². The zero-order valence-corrected chi connectivity index (χ0v) is 14.8. The number of hydrogen-bond acceptors (Lipinski definition) is 5. The molecular formula is C20H17FN4O2. The van der Waals surface area contributed by atoms with Crippen molar-refractivity contribution in [3.05, 3.63) is 77.4 Å². The SMILES string of the molecule is CC(=O)c1ccc(Nc2nc(C)cc(C(=O)Nc3ccccc3F)n2)cc1. The third kappa shape index (κ3) is 4.52. The summed E-state index contributed by atoms with van der Waals surface area (Å²) in [6.07, 6.45) is 0. The molecule has 1 aromatic heterocycles. The van der Waals surface area contributed by atoms with Gasteiger partial charge in [-0.3, -0.25) is 9.59 Å². The molecule has 27 heavy (non-hydrogen) atoms. The number of carbonyl (C=O) groups is 2. The number of nitrogens with zero attached hydrogens (tertiary/aromatic N) is 2. The summed E-state index contributed by atoms with van der Waals surface area (Å²) in [5.41, 5.74) is 2.02. The molecule has 0 spiro atoms. The fourth-order valence-corrected chi connectivity index (χ4v) is 2.41. The maximum atomic E-state index is 13.7. The summed E-state index contributed by atoms with van der Waals surface area (Å²) < 4.78 is 13.7. The molecule has 0 aliphatic carbocycles. The summed E-state index contributed by atoms with van der Waals surface area (Å²) >= 11 is 0. The van der Waals surface area contributed by atoms with Crippen molar-refractivity contribution >= 4 is 29.0 Å². The Morgan fingerprint density at radius 2 is 1.70 bits per heavy atom. The van der Waals surface area contributed by atoms with Gasteiger partial charge in [0.25, 0.3) is 5.91 Å². The number of aryl methyl sites for hydroxylation is 1. The molecule has 0 bridgehead atoms. The van der Waals surface area contributed by atoms with Crippen LogP contribution in [0.1, 0.15) is 33.5 Å². The number of Topliss-reactive ketones (excluding diaryl/α,β-unsaturated/α-hetero) is 1. The zero-order valence-electron chi connectivity index (χ0n) is 14.8. The number of rotatable bonds is 5. The van der Waals surface area contributed by atoms with Crippen LogP contribution in [0.25, 0.3) is 0 Å². The van der Waals surface area contributed by atoms with Crippen LogP contribution >= 0.6 is 0 Å². The maximum Gasteiger partial charge on any atom is 0.274 e. The molecule has 7 heteroatoms. The molecular weight excluding hydrogens is 347 g/mol. The summed E-state index contributed by atoms with van der Waals surface area (Å²) in [5.74, 6) is -0.870. The largest absolute Gasteiger partial charge is 0.324 e. The van der Waals surface area contributed by atoms with Crippen LogP contribution in [-0.4, -0.2) is 21.7 Å². The van der Waals surface area contributed by atoms with Crippen LogP contribution in [0.15, 0.2) is 54.6 Å². The minimum absolute atomic E-state index is 0.0274. The third-order valence-electron chi connectivity index (χ3n) is 3.76. The first-order valence-electron chi connectivity index (χ1n) is 8.22. The van der Waals surface area contributed by atoms with Crippen LogP contribution in [-0.2, 0) is 0 Å². The Kier molecular flexibility index (Phi) is 5.21. The second-order valence-electron chi connectivity index (χ2n) is 5.91. The van der Waals surface area contributed by atoms with Gasteiger partial charge in [0.05, 0.1) is 5.69 Å². The van der Waals surface area contributed by atoms with E-state index in [1.54, 1.807) is 43.3 Å². The fraction of sp³-hybridized carbons (Fsp3) is 0.100. The minimum atomic E-state index is -0.541. The van der Waals surface area contributed by atoms with Crippen molar-refractivity contribution in [2.45, 2.75) is 13.8 Å². The lowest BCUT2D eigenvalue weighted by Gasteiger charge is -2.09. The fourth-order valence-electron chi connectivity index (χ4n) is 2.41. The molecule has 0 radical (unpaired) electrons. The average molecular weight is 364 g/mol. The molecule has 6 nitrogen and oxygen atoms in total.